The summed E-state index contributed by atoms with van der Waals surface area (Å²) in [7, 11) is -4.25. The van der Waals surface area contributed by atoms with Crippen LogP contribution in [0, 0.1) is 5.41 Å². The molecule has 1 aliphatic rings. The minimum atomic E-state index is -4.25. The molecule has 2 aromatic rings. The highest BCUT2D eigenvalue weighted by molar-refractivity contribution is 7.52. The number of benzene rings is 1. The second kappa shape index (κ2) is 11.7. The van der Waals surface area contributed by atoms with Gasteiger partial charge in [-0.25, -0.2) is 9.36 Å². The average molecular weight is 574 g/mol. The van der Waals surface area contributed by atoms with Crippen LogP contribution in [-0.2, 0) is 23.4 Å². The zero-order chi connectivity index (χ0) is 28.3. The Morgan fingerprint density at radius 2 is 1.95 bits per heavy atom. The highest BCUT2D eigenvalue weighted by atomic mass is 35.5. The Morgan fingerprint density at radius 3 is 2.55 bits per heavy atom. The number of esters is 1. The summed E-state index contributed by atoms with van der Waals surface area (Å²) >= 11 is 6.54. The largest absolute Gasteiger partial charge is 0.464 e. The Bertz CT molecular complexity index is 1280. The minimum Gasteiger partial charge on any atom is -0.464 e. The Morgan fingerprint density at radius 1 is 1.29 bits per heavy atom. The molecule has 0 saturated carbocycles. The van der Waals surface area contributed by atoms with Crippen LogP contribution in [0.2, 0.25) is 0 Å². The third-order valence-electron chi connectivity index (χ3n) is 5.55. The monoisotopic (exact) mass is 573 g/mol. The molecule has 1 fully saturated rings. The molecular formula is C24H33ClN3O9P. The number of nitrogens with one attached hydrogen (secondary N) is 2. The van der Waals surface area contributed by atoms with Crippen LogP contribution in [0.3, 0.4) is 0 Å². The number of hydrogen-bond acceptors (Lipinski definition) is 9. The summed E-state index contributed by atoms with van der Waals surface area (Å²) in [6.45, 7) is 8.26. The number of aromatic amines is 1. The van der Waals surface area contributed by atoms with Crippen LogP contribution in [0.25, 0.3) is 0 Å². The van der Waals surface area contributed by atoms with Crippen molar-refractivity contribution >= 4 is 25.3 Å². The van der Waals surface area contributed by atoms with Crippen LogP contribution in [0.4, 0.5) is 0 Å². The zero-order valence-corrected chi connectivity index (χ0v) is 23.4. The van der Waals surface area contributed by atoms with Gasteiger partial charge in [-0.1, -0.05) is 39.0 Å². The highest BCUT2D eigenvalue weighted by Gasteiger charge is 2.54. The van der Waals surface area contributed by atoms with Crippen molar-refractivity contribution in [1.29, 1.82) is 0 Å². The standard InChI is InChI=1S/C24H33ClN3O9P/c1-15(20(31)34-14-23(2,3)4)27-38(33,37-16-9-7-6-8-10-16)35-13-17-19(30)24(5,25)21(36-17)28-12-11-18(29)26-22(28)32/h6-12,15,17,19,21,30H,13-14H2,1-5H3,(H,27,33)(H,26,29,32)/t15-,17+,19+,21+,24+,38-/m0/s1. The van der Waals surface area contributed by atoms with Crippen molar-refractivity contribution in [3.05, 3.63) is 63.4 Å². The summed E-state index contributed by atoms with van der Waals surface area (Å²) < 4.78 is 37.1. The van der Waals surface area contributed by atoms with E-state index in [4.69, 9.17) is 30.1 Å². The maximum atomic E-state index is 13.7. The lowest BCUT2D eigenvalue weighted by Crippen LogP contribution is -2.43. The molecule has 6 atom stereocenters. The van der Waals surface area contributed by atoms with Crippen LogP contribution >= 0.6 is 19.3 Å². The number of nitrogens with zero attached hydrogens (tertiary/aromatic N) is 1. The molecule has 3 rings (SSSR count). The predicted octanol–water partition coefficient (Wildman–Crippen LogP) is 2.56. The molecule has 1 aromatic carbocycles. The topological polar surface area (TPSA) is 158 Å². The van der Waals surface area contributed by atoms with E-state index in [-0.39, 0.29) is 17.8 Å². The normalized spacial score (nSPS) is 25.9. The van der Waals surface area contributed by atoms with Crippen LogP contribution < -0.4 is 20.9 Å². The predicted molar refractivity (Wildman–Crippen MR) is 139 cm³/mol. The fraction of sp³-hybridized carbons (Fsp3) is 0.542. The Hall–Kier alpha value is -2.47. The van der Waals surface area contributed by atoms with Crippen molar-refractivity contribution < 1.29 is 33.0 Å². The maximum Gasteiger partial charge on any atom is 0.459 e. The number of H-pyrrole nitrogens is 1. The minimum absolute atomic E-state index is 0.143. The van der Waals surface area contributed by atoms with E-state index in [0.717, 1.165) is 10.6 Å². The van der Waals surface area contributed by atoms with Gasteiger partial charge in [-0.3, -0.25) is 23.7 Å². The fourth-order valence-electron chi connectivity index (χ4n) is 3.55. The quantitative estimate of drug-likeness (QED) is 0.219. The van der Waals surface area contributed by atoms with Crippen molar-refractivity contribution in [2.75, 3.05) is 13.2 Å². The van der Waals surface area contributed by atoms with Crippen LogP contribution in [0.15, 0.2) is 52.2 Å². The van der Waals surface area contributed by atoms with Gasteiger partial charge in [0.15, 0.2) is 6.23 Å². The van der Waals surface area contributed by atoms with E-state index in [2.05, 4.69) is 10.1 Å². The third-order valence-corrected chi connectivity index (χ3v) is 7.61. The second-order valence-corrected chi connectivity index (χ2v) is 12.9. The Kier molecular flexibility index (Phi) is 9.28. The van der Waals surface area contributed by atoms with Crippen LogP contribution in [-0.4, -0.2) is 57.0 Å². The van der Waals surface area contributed by atoms with Gasteiger partial charge in [0, 0.05) is 12.3 Å². The molecule has 12 nitrogen and oxygen atoms in total. The molecule has 3 N–H and O–H groups in total. The molecule has 0 amide bonds. The summed E-state index contributed by atoms with van der Waals surface area (Å²) in [6.07, 6.45) is -2.53. The van der Waals surface area contributed by atoms with E-state index in [1.807, 2.05) is 20.8 Å². The van der Waals surface area contributed by atoms with Crippen LogP contribution in [0.5, 0.6) is 5.75 Å². The van der Waals surface area contributed by atoms with Gasteiger partial charge in [-0.2, -0.15) is 5.09 Å². The first-order valence-corrected chi connectivity index (χ1v) is 13.8. The molecule has 38 heavy (non-hydrogen) atoms. The summed E-state index contributed by atoms with van der Waals surface area (Å²) in [4.78, 5) is 36.8. The van der Waals surface area contributed by atoms with E-state index in [0.29, 0.717) is 0 Å². The molecule has 1 saturated heterocycles. The van der Waals surface area contributed by atoms with E-state index >= 15 is 0 Å². The van der Waals surface area contributed by atoms with Gasteiger partial charge in [0.1, 0.15) is 28.9 Å². The van der Waals surface area contributed by atoms with Crippen LogP contribution in [0.1, 0.15) is 40.8 Å². The second-order valence-electron chi connectivity index (χ2n) is 10.4. The number of alkyl halides is 1. The van der Waals surface area contributed by atoms with Crippen molar-refractivity contribution in [2.24, 2.45) is 5.41 Å². The first kappa shape index (κ1) is 30.1. The molecule has 0 spiro atoms. The summed E-state index contributed by atoms with van der Waals surface area (Å²) in [6, 6.07) is 8.20. The van der Waals surface area contributed by atoms with E-state index in [9.17, 15) is 24.1 Å². The number of carbonyl (C=O) groups excluding carboxylic acids is 1. The Balaban J connectivity index is 1.78. The Labute approximate surface area is 224 Å². The van der Waals surface area contributed by atoms with Crippen molar-refractivity contribution in [1.82, 2.24) is 14.6 Å². The van der Waals surface area contributed by atoms with Gasteiger partial charge in [0.05, 0.1) is 13.2 Å². The summed E-state index contributed by atoms with van der Waals surface area (Å²) in [5.74, 6) is -0.463. The molecule has 210 valence electrons. The van der Waals surface area contributed by atoms with Gasteiger partial charge in [0.25, 0.3) is 5.56 Å². The molecule has 0 unspecified atom stereocenters. The number of aromatic nitrogens is 2. The lowest BCUT2D eigenvalue weighted by atomic mass is 9.99. The highest BCUT2D eigenvalue weighted by Crippen LogP contribution is 2.48. The van der Waals surface area contributed by atoms with Gasteiger partial charge in [-0.15, -0.1) is 11.6 Å². The van der Waals surface area contributed by atoms with Gasteiger partial charge >= 0.3 is 19.4 Å². The van der Waals surface area contributed by atoms with E-state index in [1.165, 1.54) is 20.0 Å². The maximum absolute atomic E-state index is 13.7. The lowest BCUT2D eigenvalue weighted by Gasteiger charge is -2.26. The number of ether oxygens (including phenoxy) is 2. The van der Waals surface area contributed by atoms with Gasteiger partial charge in [0.2, 0.25) is 0 Å². The van der Waals surface area contributed by atoms with Crippen molar-refractivity contribution in [3.8, 4) is 5.75 Å². The number of para-hydroxylation sites is 1. The first-order valence-electron chi connectivity index (χ1n) is 11.9. The molecule has 1 aromatic heterocycles. The molecule has 0 aliphatic carbocycles. The molecule has 0 bridgehead atoms. The van der Waals surface area contributed by atoms with Gasteiger partial charge < -0.3 is 19.1 Å². The molecule has 0 radical (unpaired) electrons. The number of aliphatic hydroxyl groups is 1. The number of halogens is 1. The first-order chi connectivity index (χ1) is 17.6. The number of hydrogen-bond donors (Lipinski definition) is 3. The van der Waals surface area contributed by atoms with E-state index in [1.54, 1.807) is 30.3 Å². The molecular weight excluding hydrogens is 541 g/mol. The lowest BCUT2D eigenvalue weighted by molar-refractivity contribution is -0.148. The third kappa shape index (κ3) is 7.56. The van der Waals surface area contributed by atoms with E-state index < -0.39 is 60.9 Å². The summed E-state index contributed by atoms with van der Waals surface area (Å²) in [5, 5.41) is 13.4. The van der Waals surface area contributed by atoms with Gasteiger partial charge in [-0.05, 0) is 31.4 Å². The molecule has 14 heteroatoms. The number of carbonyl (C=O) groups is 1. The fourth-order valence-corrected chi connectivity index (χ4v) is 5.35. The average Bonchev–Trinajstić information content (AvgIpc) is 3.04. The number of rotatable bonds is 10. The molecule has 2 heterocycles. The SMILES string of the molecule is C[C@H](N[P@](=O)(OC[C@H]1O[C@@H](n2ccc(=O)[nH]c2=O)[C@](C)(Cl)[C@@H]1O)Oc1ccccc1)C(=O)OCC(C)(C)C. The zero-order valence-electron chi connectivity index (χ0n) is 21.8. The molecule has 1 aliphatic heterocycles. The number of aliphatic hydroxyl groups excluding tert-OH is 1. The smallest absolute Gasteiger partial charge is 0.459 e. The summed E-state index contributed by atoms with van der Waals surface area (Å²) in [5.41, 5.74) is -1.67. The van der Waals surface area contributed by atoms with Crippen molar-refractivity contribution in [2.45, 2.75) is 64.0 Å². The van der Waals surface area contributed by atoms with Crippen molar-refractivity contribution in [3.63, 3.8) is 0 Å².